The SMILES string of the molecule is C=CCC(CC=C)N(C)CC=C. The molecular formula is C11H19N. The van der Waals surface area contributed by atoms with Crippen molar-refractivity contribution in [3.05, 3.63) is 38.0 Å². The molecule has 0 aliphatic rings. The van der Waals surface area contributed by atoms with Gasteiger partial charge in [0, 0.05) is 12.6 Å². The van der Waals surface area contributed by atoms with E-state index in [1.165, 1.54) is 0 Å². The Balaban J connectivity index is 3.96. The summed E-state index contributed by atoms with van der Waals surface area (Å²) < 4.78 is 0. The molecule has 0 bridgehead atoms. The maximum absolute atomic E-state index is 3.74. The van der Waals surface area contributed by atoms with Gasteiger partial charge in [0.2, 0.25) is 0 Å². The van der Waals surface area contributed by atoms with Gasteiger partial charge in [0.25, 0.3) is 0 Å². The second kappa shape index (κ2) is 6.86. The topological polar surface area (TPSA) is 3.24 Å². The standard InChI is InChI=1S/C11H19N/c1-5-8-11(9-6-2)12(4)10-7-3/h5-7,11H,1-3,8-10H2,4H3. The Kier molecular flexibility index (Phi) is 6.39. The van der Waals surface area contributed by atoms with Crippen molar-refractivity contribution in [3.63, 3.8) is 0 Å². The summed E-state index contributed by atoms with van der Waals surface area (Å²) in [6.45, 7) is 12.1. The lowest BCUT2D eigenvalue weighted by molar-refractivity contribution is 0.269. The van der Waals surface area contributed by atoms with Gasteiger partial charge in [0.15, 0.2) is 0 Å². The molecule has 0 spiro atoms. The minimum Gasteiger partial charge on any atom is -0.299 e. The Morgan fingerprint density at radius 2 is 1.58 bits per heavy atom. The number of hydrogen-bond acceptors (Lipinski definition) is 1. The lowest BCUT2D eigenvalue weighted by Crippen LogP contribution is -2.30. The molecule has 0 aromatic rings. The van der Waals surface area contributed by atoms with Crippen LogP contribution in [0.4, 0.5) is 0 Å². The Hall–Kier alpha value is -0.820. The molecule has 0 unspecified atom stereocenters. The quantitative estimate of drug-likeness (QED) is 0.524. The summed E-state index contributed by atoms with van der Waals surface area (Å²) in [6, 6.07) is 0.526. The Labute approximate surface area is 76.1 Å². The molecule has 0 fully saturated rings. The fourth-order valence-electron chi connectivity index (χ4n) is 1.19. The maximum Gasteiger partial charge on any atom is 0.0164 e. The summed E-state index contributed by atoms with van der Waals surface area (Å²) in [4.78, 5) is 2.26. The minimum atomic E-state index is 0.526. The molecule has 0 atom stereocenters. The highest BCUT2D eigenvalue weighted by molar-refractivity contribution is 4.87. The zero-order valence-electron chi connectivity index (χ0n) is 8.00. The molecule has 0 saturated carbocycles. The Bertz CT molecular complexity index is 139. The number of rotatable bonds is 7. The molecular weight excluding hydrogens is 146 g/mol. The largest absolute Gasteiger partial charge is 0.299 e. The first-order valence-corrected chi connectivity index (χ1v) is 4.29. The van der Waals surface area contributed by atoms with Crippen LogP contribution in [0, 0.1) is 0 Å². The second-order valence-electron chi connectivity index (χ2n) is 2.93. The molecule has 0 saturated heterocycles. The van der Waals surface area contributed by atoms with E-state index in [0.29, 0.717) is 6.04 Å². The molecule has 0 heterocycles. The van der Waals surface area contributed by atoms with Crippen LogP contribution in [0.5, 0.6) is 0 Å². The van der Waals surface area contributed by atoms with Crippen LogP contribution < -0.4 is 0 Å². The van der Waals surface area contributed by atoms with Crippen molar-refractivity contribution in [3.8, 4) is 0 Å². The predicted molar refractivity (Wildman–Crippen MR) is 56.2 cm³/mol. The Morgan fingerprint density at radius 1 is 1.08 bits per heavy atom. The van der Waals surface area contributed by atoms with E-state index in [4.69, 9.17) is 0 Å². The molecule has 0 aliphatic carbocycles. The molecule has 0 N–H and O–H groups in total. The molecule has 0 amide bonds. The zero-order chi connectivity index (χ0) is 9.40. The highest BCUT2D eigenvalue weighted by Crippen LogP contribution is 2.07. The second-order valence-corrected chi connectivity index (χ2v) is 2.93. The monoisotopic (exact) mass is 165 g/mol. The van der Waals surface area contributed by atoms with Crippen LogP contribution in [0.15, 0.2) is 38.0 Å². The van der Waals surface area contributed by atoms with E-state index in [-0.39, 0.29) is 0 Å². The van der Waals surface area contributed by atoms with E-state index < -0.39 is 0 Å². The fourth-order valence-corrected chi connectivity index (χ4v) is 1.19. The van der Waals surface area contributed by atoms with Gasteiger partial charge < -0.3 is 0 Å². The van der Waals surface area contributed by atoms with Gasteiger partial charge >= 0.3 is 0 Å². The van der Waals surface area contributed by atoms with E-state index >= 15 is 0 Å². The van der Waals surface area contributed by atoms with Gasteiger partial charge in [-0.1, -0.05) is 18.2 Å². The van der Waals surface area contributed by atoms with Crippen molar-refractivity contribution >= 4 is 0 Å². The highest BCUT2D eigenvalue weighted by Gasteiger charge is 2.08. The van der Waals surface area contributed by atoms with Crippen LogP contribution in [-0.2, 0) is 0 Å². The first kappa shape index (κ1) is 11.2. The number of likely N-dealkylation sites (N-methyl/N-ethyl adjacent to an activating group) is 1. The van der Waals surface area contributed by atoms with Crippen molar-refractivity contribution in [2.75, 3.05) is 13.6 Å². The molecule has 0 aromatic carbocycles. The molecule has 0 aliphatic heterocycles. The molecule has 0 aromatic heterocycles. The van der Waals surface area contributed by atoms with Gasteiger partial charge in [-0.3, -0.25) is 4.90 Å². The van der Waals surface area contributed by atoms with Crippen LogP contribution in [0.1, 0.15) is 12.8 Å². The van der Waals surface area contributed by atoms with Gasteiger partial charge in [-0.25, -0.2) is 0 Å². The summed E-state index contributed by atoms with van der Waals surface area (Å²) in [5.74, 6) is 0. The average Bonchev–Trinajstić information content (AvgIpc) is 2.04. The van der Waals surface area contributed by atoms with Gasteiger partial charge in [-0.15, -0.1) is 19.7 Å². The minimum absolute atomic E-state index is 0.526. The van der Waals surface area contributed by atoms with Gasteiger partial charge in [-0.2, -0.15) is 0 Å². The van der Waals surface area contributed by atoms with Crippen molar-refractivity contribution < 1.29 is 0 Å². The van der Waals surface area contributed by atoms with Crippen LogP contribution in [0.25, 0.3) is 0 Å². The van der Waals surface area contributed by atoms with Gasteiger partial charge in [0.1, 0.15) is 0 Å². The fraction of sp³-hybridized carbons (Fsp3) is 0.455. The van der Waals surface area contributed by atoms with Crippen molar-refractivity contribution in [2.45, 2.75) is 18.9 Å². The lowest BCUT2D eigenvalue weighted by atomic mass is 10.1. The summed E-state index contributed by atoms with van der Waals surface area (Å²) in [6.07, 6.45) is 7.84. The number of hydrogen-bond donors (Lipinski definition) is 0. The maximum atomic E-state index is 3.74. The van der Waals surface area contributed by atoms with Crippen molar-refractivity contribution in [1.82, 2.24) is 4.90 Å². The summed E-state index contributed by atoms with van der Waals surface area (Å²) in [7, 11) is 2.10. The third-order valence-corrected chi connectivity index (χ3v) is 1.92. The van der Waals surface area contributed by atoms with E-state index in [1.807, 2.05) is 18.2 Å². The molecule has 68 valence electrons. The highest BCUT2D eigenvalue weighted by atomic mass is 15.1. The van der Waals surface area contributed by atoms with E-state index in [1.54, 1.807) is 0 Å². The predicted octanol–water partition coefficient (Wildman–Crippen LogP) is 2.63. The van der Waals surface area contributed by atoms with Crippen molar-refractivity contribution in [2.24, 2.45) is 0 Å². The third kappa shape index (κ3) is 4.14. The summed E-state index contributed by atoms with van der Waals surface area (Å²) in [5, 5.41) is 0. The normalized spacial score (nSPS) is 10.2. The van der Waals surface area contributed by atoms with Crippen molar-refractivity contribution in [1.29, 1.82) is 0 Å². The van der Waals surface area contributed by atoms with Gasteiger partial charge in [0.05, 0.1) is 0 Å². The molecule has 1 heteroatoms. The third-order valence-electron chi connectivity index (χ3n) is 1.92. The summed E-state index contributed by atoms with van der Waals surface area (Å²) in [5.41, 5.74) is 0. The zero-order valence-corrected chi connectivity index (χ0v) is 8.00. The lowest BCUT2D eigenvalue weighted by Gasteiger charge is -2.24. The molecule has 0 radical (unpaired) electrons. The van der Waals surface area contributed by atoms with E-state index in [0.717, 1.165) is 19.4 Å². The molecule has 0 rings (SSSR count). The van der Waals surface area contributed by atoms with E-state index in [9.17, 15) is 0 Å². The summed E-state index contributed by atoms with van der Waals surface area (Å²) >= 11 is 0. The van der Waals surface area contributed by atoms with E-state index in [2.05, 4.69) is 31.7 Å². The van der Waals surface area contributed by atoms with Crippen LogP contribution in [0.3, 0.4) is 0 Å². The Morgan fingerprint density at radius 3 is 1.92 bits per heavy atom. The smallest absolute Gasteiger partial charge is 0.0164 e. The first-order chi connectivity index (χ1) is 5.76. The molecule has 1 nitrogen and oxygen atoms in total. The average molecular weight is 165 g/mol. The first-order valence-electron chi connectivity index (χ1n) is 4.29. The number of nitrogens with zero attached hydrogens (tertiary/aromatic N) is 1. The van der Waals surface area contributed by atoms with Gasteiger partial charge in [-0.05, 0) is 19.9 Å². The van der Waals surface area contributed by atoms with Crippen LogP contribution in [-0.4, -0.2) is 24.5 Å². The molecule has 12 heavy (non-hydrogen) atoms. The van der Waals surface area contributed by atoms with Crippen LogP contribution in [0.2, 0.25) is 0 Å². The van der Waals surface area contributed by atoms with Crippen LogP contribution >= 0.6 is 0 Å².